The molecule has 2 heteroatoms. The van der Waals surface area contributed by atoms with Gasteiger partial charge in [-0.1, -0.05) is 24.3 Å². The van der Waals surface area contributed by atoms with Crippen LogP contribution in [0.4, 0.5) is 5.69 Å². The lowest BCUT2D eigenvalue weighted by Crippen LogP contribution is -2.21. The number of benzene rings is 1. The van der Waals surface area contributed by atoms with Crippen LogP contribution in [0.3, 0.4) is 0 Å². The molecule has 86 valence electrons. The van der Waals surface area contributed by atoms with Crippen molar-refractivity contribution in [1.29, 1.82) is 0 Å². The molecule has 0 radical (unpaired) electrons. The van der Waals surface area contributed by atoms with E-state index in [1.807, 2.05) is 7.05 Å². The standard InChI is InChI=1S/C14H17N.ClH/c1-15-13-7-3-6-12-9-10-4-2-5-11(8-10)14(12)13;/h2-4,6-7,10-11,15H,5,8-9H2,1H3;1H. The van der Waals surface area contributed by atoms with E-state index >= 15 is 0 Å². The van der Waals surface area contributed by atoms with Gasteiger partial charge in [0, 0.05) is 12.7 Å². The van der Waals surface area contributed by atoms with Gasteiger partial charge in [-0.25, -0.2) is 0 Å². The average molecular weight is 236 g/mol. The summed E-state index contributed by atoms with van der Waals surface area (Å²) in [6.45, 7) is 0. The Bertz CT molecular complexity index is 411. The molecule has 1 aromatic rings. The third-order valence-corrected chi connectivity index (χ3v) is 3.77. The van der Waals surface area contributed by atoms with E-state index in [9.17, 15) is 0 Å². The van der Waals surface area contributed by atoms with Crippen molar-refractivity contribution < 1.29 is 0 Å². The zero-order valence-electron chi connectivity index (χ0n) is 9.57. The highest BCUT2D eigenvalue weighted by Crippen LogP contribution is 2.43. The number of fused-ring (bicyclic) bond motifs is 4. The van der Waals surface area contributed by atoms with E-state index in [-0.39, 0.29) is 12.4 Å². The van der Waals surface area contributed by atoms with Crippen molar-refractivity contribution in [3.63, 3.8) is 0 Å². The molecule has 2 unspecified atom stereocenters. The summed E-state index contributed by atoms with van der Waals surface area (Å²) >= 11 is 0. The lowest BCUT2D eigenvalue weighted by molar-refractivity contribution is 0.450. The Morgan fingerprint density at radius 2 is 2.19 bits per heavy atom. The molecule has 0 aromatic heterocycles. The van der Waals surface area contributed by atoms with E-state index in [4.69, 9.17) is 0 Å². The van der Waals surface area contributed by atoms with Gasteiger partial charge < -0.3 is 5.32 Å². The molecule has 16 heavy (non-hydrogen) atoms. The lowest BCUT2D eigenvalue weighted by Gasteiger charge is -2.34. The molecule has 0 aliphatic heterocycles. The van der Waals surface area contributed by atoms with Crippen LogP contribution in [-0.4, -0.2) is 7.05 Å². The molecular weight excluding hydrogens is 218 g/mol. The maximum atomic E-state index is 3.33. The zero-order chi connectivity index (χ0) is 10.3. The molecule has 1 aromatic carbocycles. The predicted octanol–water partition coefficient (Wildman–Crippen LogP) is 3.76. The van der Waals surface area contributed by atoms with Crippen molar-refractivity contribution in [1.82, 2.24) is 0 Å². The topological polar surface area (TPSA) is 12.0 Å². The van der Waals surface area contributed by atoms with E-state index in [1.54, 1.807) is 11.1 Å². The molecule has 2 atom stereocenters. The van der Waals surface area contributed by atoms with Crippen LogP contribution in [0.1, 0.15) is 29.9 Å². The largest absolute Gasteiger partial charge is 0.388 e. The van der Waals surface area contributed by atoms with Crippen LogP contribution in [0, 0.1) is 5.92 Å². The number of nitrogens with one attached hydrogen (secondary N) is 1. The smallest absolute Gasteiger partial charge is 0.0375 e. The normalized spacial score (nSPS) is 25.6. The summed E-state index contributed by atoms with van der Waals surface area (Å²) in [6, 6.07) is 6.68. The van der Waals surface area contributed by atoms with Crippen molar-refractivity contribution in [3.05, 3.63) is 41.5 Å². The first-order chi connectivity index (χ1) is 7.38. The highest BCUT2D eigenvalue weighted by Gasteiger charge is 2.28. The van der Waals surface area contributed by atoms with Gasteiger partial charge in [-0.05, 0) is 48.3 Å². The summed E-state index contributed by atoms with van der Waals surface area (Å²) in [7, 11) is 2.03. The van der Waals surface area contributed by atoms with Crippen molar-refractivity contribution in [2.75, 3.05) is 12.4 Å². The number of hydrogen-bond acceptors (Lipinski definition) is 1. The summed E-state index contributed by atoms with van der Waals surface area (Å²) in [5.74, 6) is 1.55. The average Bonchev–Trinajstić information content (AvgIpc) is 2.28. The Morgan fingerprint density at radius 1 is 1.31 bits per heavy atom. The monoisotopic (exact) mass is 235 g/mol. The molecular formula is C14H18ClN. The van der Waals surface area contributed by atoms with Crippen LogP contribution in [0.2, 0.25) is 0 Å². The van der Waals surface area contributed by atoms with Gasteiger partial charge >= 0.3 is 0 Å². The molecule has 0 spiro atoms. The summed E-state index contributed by atoms with van der Waals surface area (Å²) < 4.78 is 0. The number of anilines is 1. The molecule has 1 N–H and O–H groups in total. The first-order valence-corrected chi connectivity index (χ1v) is 5.84. The maximum Gasteiger partial charge on any atom is 0.0375 e. The van der Waals surface area contributed by atoms with Gasteiger partial charge in [0.25, 0.3) is 0 Å². The fourth-order valence-corrected chi connectivity index (χ4v) is 3.14. The molecule has 0 heterocycles. The Kier molecular flexibility index (Phi) is 3.25. The minimum Gasteiger partial charge on any atom is -0.388 e. The first kappa shape index (κ1) is 11.5. The van der Waals surface area contributed by atoms with Crippen LogP contribution in [0.15, 0.2) is 30.4 Å². The first-order valence-electron chi connectivity index (χ1n) is 5.84. The fourth-order valence-electron chi connectivity index (χ4n) is 3.14. The van der Waals surface area contributed by atoms with Gasteiger partial charge in [-0.15, -0.1) is 12.4 Å². The SMILES string of the molecule is CNc1cccc2c1C1CC=CC(C2)C1.Cl. The second-order valence-electron chi connectivity index (χ2n) is 4.69. The summed E-state index contributed by atoms with van der Waals surface area (Å²) in [5, 5.41) is 3.33. The van der Waals surface area contributed by atoms with Gasteiger partial charge in [0.2, 0.25) is 0 Å². The van der Waals surface area contributed by atoms with Crippen LogP contribution in [-0.2, 0) is 6.42 Å². The third-order valence-electron chi connectivity index (χ3n) is 3.77. The van der Waals surface area contributed by atoms with E-state index in [2.05, 4.69) is 35.7 Å². The van der Waals surface area contributed by atoms with Gasteiger partial charge in [0.05, 0.1) is 0 Å². The van der Waals surface area contributed by atoms with Crippen molar-refractivity contribution in [2.45, 2.75) is 25.2 Å². The Morgan fingerprint density at radius 3 is 3.00 bits per heavy atom. The van der Waals surface area contributed by atoms with Crippen molar-refractivity contribution >= 4 is 18.1 Å². The van der Waals surface area contributed by atoms with Crippen LogP contribution in [0.5, 0.6) is 0 Å². The van der Waals surface area contributed by atoms with E-state index < -0.39 is 0 Å². The maximum absolute atomic E-state index is 3.33. The third kappa shape index (κ3) is 1.73. The Hall–Kier alpha value is -0.950. The lowest BCUT2D eigenvalue weighted by atomic mass is 9.72. The zero-order valence-corrected chi connectivity index (χ0v) is 10.4. The molecule has 3 rings (SSSR count). The summed E-state index contributed by atoms with van der Waals surface area (Å²) in [5.41, 5.74) is 4.49. The van der Waals surface area contributed by atoms with Crippen molar-refractivity contribution in [3.8, 4) is 0 Å². The van der Waals surface area contributed by atoms with Crippen LogP contribution < -0.4 is 5.32 Å². The Labute approximate surface area is 103 Å². The molecule has 0 saturated heterocycles. The minimum atomic E-state index is 0. The van der Waals surface area contributed by atoms with Crippen LogP contribution >= 0.6 is 12.4 Å². The second kappa shape index (κ2) is 4.50. The van der Waals surface area contributed by atoms with E-state index in [1.165, 1.54) is 24.9 Å². The van der Waals surface area contributed by atoms with Crippen LogP contribution in [0.25, 0.3) is 0 Å². The number of rotatable bonds is 1. The molecule has 2 aliphatic rings. The molecule has 2 bridgehead atoms. The highest BCUT2D eigenvalue weighted by molar-refractivity contribution is 5.85. The van der Waals surface area contributed by atoms with E-state index in [0.29, 0.717) is 0 Å². The molecule has 2 aliphatic carbocycles. The van der Waals surface area contributed by atoms with Gasteiger partial charge in [0.1, 0.15) is 0 Å². The van der Waals surface area contributed by atoms with Crippen molar-refractivity contribution in [2.24, 2.45) is 5.92 Å². The van der Waals surface area contributed by atoms with Gasteiger partial charge in [-0.2, -0.15) is 0 Å². The molecule has 0 amide bonds. The number of halogens is 1. The molecule has 0 fully saturated rings. The predicted molar refractivity (Wildman–Crippen MR) is 71.5 cm³/mol. The number of allylic oxidation sites excluding steroid dienone is 2. The van der Waals surface area contributed by atoms with Gasteiger partial charge in [-0.3, -0.25) is 0 Å². The fraction of sp³-hybridized carbons (Fsp3) is 0.429. The summed E-state index contributed by atoms with van der Waals surface area (Å²) in [6.07, 6.45) is 8.59. The Balaban J connectivity index is 0.000000963. The summed E-state index contributed by atoms with van der Waals surface area (Å²) in [4.78, 5) is 0. The minimum absolute atomic E-state index is 0. The highest BCUT2D eigenvalue weighted by atomic mass is 35.5. The second-order valence-corrected chi connectivity index (χ2v) is 4.69. The molecule has 0 saturated carbocycles. The van der Waals surface area contributed by atoms with E-state index in [0.717, 1.165) is 11.8 Å². The number of hydrogen-bond donors (Lipinski definition) is 1. The quantitative estimate of drug-likeness (QED) is 0.731. The molecule has 1 nitrogen and oxygen atoms in total. The van der Waals surface area contributed by atoms with Gasteiger partial charge in [0.15, 0.2) is 0 Å².